The number of carbonyl (C=O) groups is 2. The Bertz CT molecular complexity index is 1150. The number of aromatic nitrogens is 4. The van der Waals surface area contributed by atoms with Crippen LogP contribution in [0.2, 0.25) is 5.02 Å². The minimum Gasteiger partial charge on any atom is -0.465 e. The van der Waals surface area contributed by atoms with E-state index < -0.39 is 12.0 Å². The third kappa shape index (κ3) is 4.34. The smallest absolute Gasteiger partial charge is 0.338 e. The second kappa shape index (κ2) is 8.93. The lowest BCUT2D eigenvalue weighted by molar-refractivity contribution is -0.119. The summed E-state index contributed by atoms with van der Waals surface area (Å²) in [5.41, 5.74) is 4.79. The number of nitrogens with zero attached hydrogens (tertiary/aromatic N) is 4. The van der Waals surface area contributed by atoms with Gasteiger partial charge in [0.25, 0.3) is 0 Å². The van der Waals surface area contributed by atoms with Gasteiger partial charge in [0.15, 0.2) is 0 Å². The van der Waals surface area contributed by atoms with Gasteiger partial charge in [0.1, 0.15) is 6.04 Å². The monoisotopic (exact) mass is 443 g/mol. The predicted molar refractivity (Wildman–Crippen MR) is 119 cm³/mol. The zero-order chi connectivity index (χ0) is 22.9. The van der Waals surface area contributed by atoms with Gasteiger partial charge in [0, 0.05) is 0 Å². The first kappa shape index (κ1) is 22.6. The molecule has 31 heavy (non-hydrogen) atoms. The fourth-order valence-electron chi connectivity index (χ4n) is 3.52. The van der Waals surface area contributed by atoms with E-state index in [4.69, 9.17) is 16.3 Å². The number of nitrogens with one attached hydrogen (secondary N) is 1. The SMILES string of the molecule is COC(=O)c1ccccc1Cn1nc(C)c(NC(=O)C(C)n2nc(C)c(Cl)c2C)c1C. The Labute approximate surface area is 186 Å². The standard InChI is InChI=1S/C22H26ClN5O3/c1-12-19(23)14(3)28(26-12)16(5)21(29)24-20-13(2)25-27(15(20)4)11-17-9-7-8-10-18(17)22(30)31-6/h7-10,16H,11H2,1-6H3,(H,24,29). The van der Waals surface area contributed by atoms with E-state index in [-0.39, 0.29) is 5.91 Å². The number of halogens is 1. The number of amides is 1. The average molecular weight is 444 g/mol. The van der Waals surface area contributed by atoms with Gasteiger partial charge in [-0.1, -0.05) is 29.8 Å². The number of carbonyl (C=O) groups excluding carboxylic acids is 2. The summed E-state index contributed by atoms with van der Waals surface area (Å²) in [5, 5.41) is 12.5. The van der Waals surface area contributed by atoms with Crippen LogP contribution >= 0.6 is 11.6 Å². The third-order valence-electron chi connectivity index (χ3n) is 5.36. The van der Waals surface area contributed by atoms with Crippen molar-refractivity contribution in [3.05, 3.63) is 63.2 Å². The minimum atomic E-state index is -0.548. The molecule has 0 aliphatic carbocycles. The van der Waals surface area contributed by atoms with Crippen molar-refractivity contribution in [2.24, 2.45) is 0 Å². The average Bonchev–Trinajstić information content (AvgIpc) is 3.17. The van der Waals surface area contributed by atoms with Crippen LogP contribution in [0.1, 0.15) is 51.7 Å². The molecule has 8 nitrogen and oxygen atoms in total. The number of aryl methyl sites for hydroxylation is 2. The highest BCUT2D eigenvalue weighted by Gasteiger charge is 2.23. The molecule has 0 aliphatic heterocycles. The van der Waals surface area contributed by atoms with E-state index in [9.17, 15) is 9.59 Å². The van der Waals surface area contributed by atoms with Crippen molar-refractivity contribution in [3.8, 4) is 0 Å². The van der Waals surface area contributed by atoms with Crippen LogP contribution in [0.4, 0.5) is 5.69 Å². The molecule has 0 spiro atoms. The van der Waals surface area contributed by atoms with Gasteiger partial charge in [0.2, 0.25) is 5.91 Å². The van der Waals surface area contributed by atoms with Crippen LogP contribution in [0.25, 0.3) is 0 Å². The van der Waals surface area contributed by atoms with E-state index in [0.717, 1.165) is 17.0 Å². The fourth-order valence-corrected chi connectivity index (χ4v) is 3.64. The molecule has 164 valence electrons. The molecule has 3 aromatic rings. The summed E-state index contributed by atoms with van der Waals surface area (Å²) in [6.45, 7) is 9.49. The Balaban J connectivity index is 1.85. The molecule has 1 atom stereocenters. The van der Waals surface area contributed by atoms with Gasteiger partial charge in [-0.05, 0) is 46.2 Å². The molecule has 0 aliphatic rings. The number of rotatable bonds is 6. The second-order valence-corrected chi connectivity index (χ2v) is 7.82. The molecule has 2 heterocycles. The van der Waals surface area contributed by atoms with Gasteiger partial charge in [-0.15, -0.1) is 0 Å². The Morgan fingerprint density at radius 3 is 2.39 bits per heavy atom. The van der Waals surface area contributed by atoms with Crippen molar-refractivity contribution in [3.63, 3.8) is 0 Å². The summed E-state index contributed by atoms with van der Waals surface area (Å²) in [7, 11) is 1.35. The van der Waals surface area contributed by atoms with Crippen LogP contribution in [0.5, 0.6) is 0 Å². The van der Waals surface area contributed by atoms with Crippen molar-refractivity contribution in [2.75, 3.05) is 12.4 Å². The van der Waals surface area contributed by atoms with Gasteiger partial charge >= 0.3 is 5.97 Å². The molecule has 0 fully saturated rings. The lowest BCUT2D eigenvalue weighted by Crippen LogP contribution is -2.25. The molecule has 0 saturated heterocycles. The summed E-state index contributed by atoms with van der Waals surface area (Å²) < 4.78 is 8.25. The van der Waals surface area contributed by atoms with Crippen LogP contribution in [0.15, 0.2) is 24.3 Å². The third-order valence-corrected chi connectivity index (χ3v) is 5.90. The van der Waals surface area contributed by atoms with Gasteiger partial charge in [-0.2, -0.15) is 10.2 Å². The van der Waals surface area contributed by atoms with E-state index >= 15 is 0 Å². The predicted octanol–water partition coefficient (Wildman–Crippen LogP) is 4.00. The Morgan fingerprint density at radius 1 is 1.10 bits per heavy atom. The Morgan fingerprint density at radius 2 is 1.77 bits per heavy atom. The van der Waals surface area contributed by atoms with Crippen LogP contribution in [0.3, 0.4) is 0 Å². The van der Waals surface area contributed by atoms with Crippen LogP contribution in [-0.2, 0) is 16.1 Å². The summed E-state index contributed by atoms with van der Waals surface area (Å²) in [4.78, 5) is 25.0. The highest BCUT2D eigenvalue weighted by Crippen LogP contribution is 2.25. The van der Waals surface area contributed by atoms with Crippen LogP contribution in [-0.4, -0.2) is 38.5 Å². The quantitative estimate of drug-likeness (QED) is 0.581. The van der Waals surface area contributed by atoms with Gasteiger partial charge in [-0.25, -0.2) is 4.79 Å². The number of anilines is 1. The second-order valence-electron chi connectivity index (χ2n) is 7.45. The highest BCUT2D eigenvalue weighted by molar-refractivity contribution is 6.31. The number of benzene rings is 1. The van der Waals surface area contributed by atoms with Gasteiger partial charge in [0.05, 0.1) is 52.7 Å². The summed E-state index contributed by atoms with van der Waals surface area (Å²) in [6.07, 6.45) is 0. The first-order chi connectivity index (χ1) is 14.6. The molecule has 0 bridgehead atoms. The maximum atomic E-state index is 12.9. The van der Waals surface area contributed by atoms with Crippen molar-refractivity contribution in [2.45, 2.75) is 47.2 Å². The lowest BCUT2D eigenvalue weighted by Gasteiger charge is -2.15. The number of ether oxygens (including phenoxy) is 1. The first-order valence-electron chi connectivity index (χ1n) is 9.88. The van der Waals surface area contributed by atoms with E-state index in [2.05, 4.69) is 15.5 Å². The topological polar surface area (TPSA) is 91.0 Å². The first-order valence-corrected chi connectivity index (χ1v) is 10.3. The molecule has 1 unspecified atom stereocenters. The highest BCUT2D eigenvalue weighted by atomic mass is 35.5. The number of esters is 1. The van der Waals surface area contributed by atoms with Crippen molar-refractivity contribution >= 4 is 29.2 Å². The van der Waals surface area contributed by atoms with Crippen molar-refractivity contribution in [1.82, 2.24) is 19.6 Å². The Hall–Kier alpha value is -3.13. The summed E-state index contributed by atoms with van der Waals surface area (Å²) >= 11 is 6.22. The van der Waals surface area contributed by atoms with Crippen molar-refractivity contribution in [1.29, 1.82) is 0 Å². The van der Waals surface area contributed by atoms with Crippen LogP contribution in [0, 0.1) is 27.7 Å². The van der Waals surface area contributed by atoms with E-state index in [1.54, 1.807) is 35.3 Å². The number of hydrogen-bond acceptors (Lipinski definition) is 5. The zero-order valence-electron chi connectivity index (χ0n) is 18.5. The lowest BCUT2D eigenvalue weighted by atomic mass is 10.1. The maximum Gasteiger partial charge on any atom is 0.338 e. The molecule has 9 heteroatoms. The molecular weight excluding hydrogens is 418 g/mol. The largest absolute Gasteiger partial charge is 0.465 e. The molecule has 0 saturated carbocycles. The number of hydrogen-bond donors (Lipinski definition) is 1. The molecule has 0 radical (unpaired) electrons. The summed E-state index contributed by atoms with van der Waals surface area (Å²) in [5.74, 6) is -0.619. The molecule has 2 aromatic heterocycles. The minimum absolute atomic E-state index is 0.219. The van der Waals surface area contributed by atoms with E-state index in [1.165, 1.54) is 7.11 Å². The molecule has 1 N–H and O–H groups in total. The van der Waals surface area contributed by atoms with E-state index in [0.29, 0.717) is 34.2 Å². The maximum absolute atomic E-state index is 12.9. The van der Waals surface area contributed by atoms with E-state index in [1.807, 2.05) is 32.9 Å². The van der Waals surface area contributed by atoms with Crippen molar-refractivity contribution < 1.29 is 14.3 Å². The van der Waals surface area contributed by atoms with Gasteiger partial charge in [-0.3, -0.25) is 14.2 Å². The molecule has 1 aromatic carbocycles. The van der Waals surface area contributed by atoms with Crippen LogP contribution < -0.4 is 5.32 Å². The molecular formula is C22H26ClN5O3. The molecule has 1 amide bonds. The fraction of sp³-hybridized carbons (Fsp3) is 0.364. The zero-order valence-corrected chi connectivity index (χ0v) is 19.2. The summed E-state index contributed by atoms with van der Waals surface area (Å²) in [6, 6.07) is 6.67. The molecule has 3 rings (SSSR count). The Kier molecular flexibility index (Phi) is 6.50. The normalized spacial score (nSPS) is 12.0. The van der Waals surface area contributed by atoms with Gasteiger partial charge < -0.3 is 10.1 Å². The number of methoxy groups -OCH3 is 1.